The zero-order chi connectivity index (χ0) is 21.7. The summed E-state index contributed by atoms with van der Waals surface area (Å²) in [5.41, 5.74) is 1.48. The highest BCUT2D eigenvalue weighted by Gasteiger charge is 2.48. The molecule has 1 aliphatic rings. The first-order valence-electron chi connectivity index (χ1n) is 9.73. The van der Waals surface area contributed by atoms with Crippen molar-refractivity contribution in [2.75, 3.05) is 6.54 Å². The molecule has 158 valence electrons. The lowest BCUT2D eigenvalue weighted by atomic mass is 9.99. The van der Waals surface area contributed by atoms with Gasteiger partial charge in [-0.2, -0.15) is 5.10 Å². The van der Waals surface area contributed by atoms with Crippen LogP contribution in [0.15, 0.2) is 59.7 Å². The van der Waals surface area contributed by atoms with Crippen LogP contribution in [-0.2, 0) is 9.67 Å². The van der Waals surface area contributed by atoms with Crippen LogP contribution in [-0.4, -0.2) is 33.7 Å². The summed E-state index contributed by atoms with van der Waals surface area (Å²) >= 11 is 1.40. The average Bonchev–Trinajstić information content (AvgIpc) is 3.12. The van der Waals surface area contributed by atoms with Crippen molar-refractivity contribution in [2.45, 2.75) is 31.6 Å². The molecule has 0 spiro atoms. The van der Waals surface area contributed by atoms with Crippen LogP contribution >= 0.6 is 11.8 Å². The SMILES string of the molecule is CC(C)C(=O)N1N=C(c2cccc(F)c2)SC1(CCCNC(=O)O)c1ccccc1. The highest BCUT2D eigenvalue weighted by molar-refractivity contribution is 8.15. The Labute approximate surface area is 179 Å². The quantitative estimate of drug-likeness (QED) is 0.629. The fourth-order valence-electron chi connectivity index (χ4n) is 3.31. The third-order valence-electron chi connectivity index (χ3n) is 4.77. The predicted octanol–water partition coefficient (Wildman–Crippen LogP) is 4.62. The van der Waals surface area contributed by atoms with Crippen molar-refractivity contribution < 1.29 is 19.1 Å². The lowest BCUT2D eigenvalue weighted by Crippen LogP contribution is -2.43. The minimum atomic E-state index is -1.09. The Bertz CT molecular complexity index is 952. The molecule has 1 aliphatic heterocycles. The van der Waals surface area contributed by atoms with Gasteiger partial charge in [0.25, 0.3) is 0 Å². The second-order valence-electron chi connectivity index (χ2n) is 7.31. The lowest BCUT2D eigenvalue weighted by molar-refractivity contribution is -0.138. The van der Waals surface area contributed by atoms with Crippen molar-refractivity contribution in [3.05, 3.63) is 71.5 Å². The molecule has 8 heteroatoms. The maximum Gasteiger partial charge on any atom is 0.404 e. The van der Waals surface area contributed by atoms with E-state index in [0.717, 1.165) is 5.56 Å². The number of carbonyl (C=O) groups excluding carboxylic acids is 1. The van der Waals surface area contributed by atoms with E-state index in [9.17, 15) is 14.0 Å². The van der Waals surface area contributed by atoms with Crippen molar-refractivity contribution in [3.63, 3.8) is 0 Å². The van der Waals surface area contributed by atoms with Crippen LogP contribution in [0.2, 0.25) is 0 Å². The van der Waals surface area contributed by atoms with E-state index >= 15 is 0 Å². The molecule has 3 rings (SSSR count). The molecule has 1 heterocycles. The summed E-state index contributed by atoms with van der Waals surface area (Å²) in [7, 11) is 0. The molecule has 0 saturated carbocycles. The molecular weight excluding hydrogens is 405 g/mol. The Hall–Kier alpha value is -2.87. The first-order chi connectivity index (χ1) is 14.3. The van der Waals surface area contributed by atoms with Gasteiger partial charge in [0.2, 0.25) is 5.91 Å². The molecule has 1 atom stereocenters. The number of nitrogens with zero attached hydrogens (tertiary/aromatic N) is 2. The topological polar surface area (TPSA) is 82.0 Å². The average molecular weight is 430 g/mol. The van der Waals surface area contributed by atoms with E-state index in [4.69, 9.17) is 5.11 Å². The minimum absolute atomic E-state index is 0.149. The number of carbonyl (C=O) groups is 2. The monoisotopic (exact) mass is 429 g/mol. The van der Waals surface area contributed by atoms with Crippen LogP contribution in [0.3, 0.4) is 0 Å². The van der Waals surface area contributed by atoms with E-state index in [1.54, 1.807) is 12.1 Å². The molecule has 0 aliphatic carbocycles. The Morgan fingerprint density at radius 1 is 1.20 bits per heavy atom. The van der Waals surface area contributed by atoms with Gasteiger partial charge in [-0.3, -0.25) is 4.79 Å². The van der Waals surface area contributed by atoms with Gasteiger partial charge in [0, 0.05) is 18.0 Å². The Morgan fingerprint density at radius 2 is 1.93 bits per heavy atom. The van der Waals surface area contributed by atoms with Gasteiger partial charge in [0.1, 0.15) is 15.7 Å². The number of benzene rings is 2. The van der Waals surface area contributed by atoms with Crippen molar-refractivity contribution in [1.82, 2.24) is 10.3 Å². The molecular formula is C22H24FN3O3S. The molecule has 2 aromatic rings. The first-order valence-corrected chi connectivity index (χ1v) is 10.5. The van der Waals surface area contributed by atoms with E-state index in [0.29, 0.717) is 23.4 Å². The predicted molar refractivity (Wildman–Crippen MR) is 116 cm³/mol. The molecule has 2 aromatic carbocycles. The second-order valence-corrected chi connectivity index (χ2v) is 8.57. The van der Waals surface area contributed by atoms with E-state index in [2.05, 4.69) is 10.4 Å². The first kappa shape index (κ1) is 21.8. The van der Waals surface area contributed by atoms with Crippen molar-refractivity contribution in [2.24, 2.45) is 11.0 Å². The van der Waals surface area contributed by atoms with Gasteiger partial charge in [0.05, 0.1) is 0 Å². The summed E-state index contributed by atoms with van der Waals surface area (Å²) in [5, 5.41) is 17.9. The highest BCUT2D eigenvalue weighted by Crippen LogP contribution is 2.50. The molecule has 0 saturated heterocycles. The van der Waals surface area contributed by atoms with E-state index < -0.39 is 11.0 Å². The number of hydrogen-bond acceptors (Lipinski definition) is 4. The summed E-state index contributed by atoms with van der Waals surface area (Å²) < 4.78 is 13.8. The molecule has 0 bridgehead atoms. The summed E-state index contributed by atoms with van der Waals surface area (Å²) in [5.74, 6) is -0.814. The highest BCUT2D eigenvalue weighted by atomic mass is 32.2. The number of halogens is 1. The molecule has 6 nitrogen and oxygen atoms in total. The summed E-state index contributed by atoms with van der Waals surface area (Å²) in [6.07, 6.45) is -0.111. The molecule has 1 unspecified atom stereocenters. The van der Waals surface area contributed by atoms with E-state index in [1.807, 2.05) is 44.2 Å². The number of hydrogen-bond donors (Lipinski definition) is 2. The Balaban J connectivity index is 2.03. The smallest absolute Gasteiger partial charge is 0.404 e. The maximum atomic E-state index is 13.8. The molecule has 0 aromatic heterocycles. The van der Waals surface area contributed by atoms with Crippen molar-refractivity contribution >= 4 is 28.8 Å². The second kappa shape index (κ2) is 9.30. The molecule has 30 heavy (non-hydrogen) atoms. The van der Waals surface area contributed by atoms with Crippen LogP contribution in [0.5, 0.6) is 0 Å². The van der Waals surface area contributed by atoms with Gasteiger partial charge >= 0.3 is 6.09 Å². The van der Waals surface area contributed by atoms with Crippen LogP contribution in [0.4, 0.5) is 9.18 Å². The van der Waals surface area contributed by atoms with E-state index in [-0.39, 0.29) is 24.2 Å². The third kappa shape index (κ3) is 4.64. The van der Waals surface area contributed by atoms with Gasteiger partial charge < -0.3 is 10.4 Å². The molecule has 0 radical (unpaired) electrons. The van der Waals surface area contributed by atoms with Gasteiger partial charge in [0.15, 0.2) is 0 Å². The van der Waals surface area contributed by atoms with Crippen LogP contribution in [0.1, 0.15) is 37.8 Å². The number of thioether (sulfide) groups is 1. The van der Waals surface area contributed by atoms with E-state index in [1.165, 1.54) is 28.9 Å². The number of carboxylic acid groups (broad SMARTS) is 1. The normalized spacial score (nSPS) is 18.4. The van der Waals surface area contributed by atoms with Crippen molar-refractivity contribution in [3.8, 4) is 0 Å². The van der Waals surface area contributed by atoms with Gasteiger partial charge in [-0.1, -0.05) is 68.1 Å². The van der Waals surface area contributed by atoms with Gasteiger partial charge in [-0.15, -0.1) is 0 Å². The lowest BCUT2D eigenvalue weighted by Gasteiger charge is -2.36. The van der Waals surface area contributed by atoms with Gasteiger partial charge in [-0.05, 0) is 30.5 Å². The Morgan fingerprint density at radius 3 is 2.57 bits per heavy atom. The number of nitrogens with one attached hydrogen (secondary N) is 1. The molecule has 2 N–H and O–H groups in total. The number of rotatable bonds is 7. The summed E-state index contributed by atoms with van der Waals surface area (Å²) in [6, 6.07) is 15.7. The number of hydrazone groups is 1. The fraction of sp³-hybridized carbons (Fsp3) is 0.318. The van der Waals surface area contributed by atoms with Crippen LogP contribution in [0, 0.1) is 11.7 Å². The standard InChI is InChI=1S/C22H24FN3O3S/c1-15(2)20(27)26-22(12-7-13-24-21(28)29,17-9-4-3-5-10-17)30-19(25-26)16-8-6-11-18(23)14-16/h3-6,8-11,14-15,24H,7,12-13H2,1-2H3,(H,28,29). The van der Waals surface area contributed by atoms with Gasteiger partial charge in [-0.25, -0.2) is 14.2 Å². The van der Waals surface area contributed by atoms with Crippen LogP contribution in [0.25, 0.3) is 0 Å². The van der Waals surface area contributed by atoms with Crippen LogP contribution < -0.4 is 5.32 Å². The third-order valence-corrected chi connectivity index (χ3v) is 6.23. The summed E-state index contributed by atoms with van der Waals surface area (Å²) in [4.78, 5) is 23.1. The zero-order valence-corrected chi connectivity index (χ0v) is 17.7. The summed E-state index contributed by atoms with van der Waals surface area (Å²) in [6.45, 7) is 3.87. The molecule has 0 fully saturated rings. The van der Waals surface area contributed by atoms with Crippen molar-refractivity contribution in [1.29, 1.82) is 0 Å². The Kier molecular flexibility index (Phi) is 6.77. The zero-order valence-electron chi connectivity index (χ0n) is 16.8. The number of amides is 2. The largest absolute Gasteiger partial charge is 0.465 e. The fourth-order valence-corrected chi connectivity index (χ4v) is 4.71. The molecule has 2 amide bonds. The maximum absolute atomic E-state index is 13.8. The minimum Gasteiger partial charge on any atom is -0.465 e.